The van der Waals surface area contributed by atoms with Gasteiger partial charge in [0.25, 0.3) is 0 Å². The Labute approximate surface area is 118 Å². The minimum atomic E-state index is 1.31. The van der Waals surface area contributed by atoms with Crippen molar-refractivity contribution in [3.63, 3.8) is 0 Å². The molecule has 3 bridgehead atoms. The Kier molecular flexibility index (Phi) is 2.53. The van der Waals surface area contributed by atoms with Crippen molar-refractivity contribution in [3.8, 4) is 11.1 Å². The Morgan fingerprint density at radius 2 is 0.750 bits per heavy atom. The zero-order valence-corrected chi connectivity index (χ0v) is 11.1. The quantitative estimate of drug-likeness (QED) is 0.334. The highest BCUT2D eigenvalue weighted by atomic mass is 14.1. The number of fused-ring (bicyclic) bond motifs is 4. The topological polar surface area (TPSA) is 0 Å². The molecule has 20 heavy (non-hydrogen) atoms. The van der Waals surface area contributed by atoms with Crippen LogP contribution in [0.4, 0.5) is 0 Å². The molecular formula is C20H14. The van der Waals surface area contributed by atoms with Crippen molar-refractivity contribution in [1.82, 2.24) is 0 Å². The van der Waals surface area contributed by atoms with E-state index < -0.39 is 0 Å². The average Bonchev–Trinajstić information content (AvgIpc) is 2.66. The second-order valence-corrected chi connectivity index (χ2v) is 5.12. The van der Waals surface area contributed by atoms with Crippen molar-refractivity contribution >= 4 is 21.5 Å². The molecule has 0 saturated heterocycles. The Hall–Kier alpha value is -2.60. The maximum atomic E-state index is 2.24. The molecule has 0 heteroatoms. The lowest BCUT2D eigenvalue weighted by Crippen LogP contribution is -1.67. The highest BCUT2D eigenvalue weighted by molar-refractivity contribution is 5.95. The second kappa shape index (κ2) is 4.50. The lowest BCUT2D eigenvalue weighted by molar-refractivity contribution is 1.75. The maximum Gasteiger partial charge on any atom is -0.0172 e. The molecule has 0 unspecified atom stereocenters. The van der Waals surface area contributed by atoms with E-state index in [1.165, 1.54) is 32.7 Å². The molecule has 0 aliphatic heterocycles. The fourth-order valence-corrected chi connectivity index (χ4v) is 2.74. The van der Waals surface area contributed by atoms with Gasteiger partial charge in [0.2, 0.25) is 0 Å². The highest BCUT2D eigenvalue weighted by Gasteiger charge is 2.06. The Balaban J connectivity index is 0.000000106. The van der Waals surface area contributed by atoms with Crippen LogP contribution < -0.4 is 0 Å². The van der Waals surface area contributed by atoms with Gasteiger partial charge in [-0.3, -0.25) is 0 Å². The Bertz CT molecular complexity index is 801. The highest BCUT2D eigenvalue weighted by Crippen LogP contribution is 2.32. The Morgan fingerprint density at radius 1 is 0.350 bits per heavy atom. The number of hydrogen-bond donors (Lipinski definition) is 0. The van der Waals surface area contributed by atoms with Gasteiger partial charge in [-0.05, 0) is 44.8 Å². The van der Waals surface area contributed by atoms with E-state index in [0.717, 1.165) is 0 Å². The molecule has 5 rings (SSSR count). The molecule has 0 radical (unpaired) electrons. The standard InChI is InChI=1S/C10H6.C10H8/c1-3-8-5-10-6-9(8)4-2-7(1)10;1-2-6-10-8-4-3-7-9(10)5-1/h1-6H;1-8H. The van der Waals surface area contributed by atoms with Gasteiger partial charge in [-0.25, -0.2) is 0 Å². The van der Waals surface area contributed by atoms with Crippen LogP contribution in [0, 0.1) is 0 Å². The third-order valence-corrected chi connectivity index (χ3v) is 3.83. The van der Waals surface area contributed by atoms with Crippen LogP contribution in [-0.2, 0) is 0 Å². The summed E-state index contributed by atoms with van der Waals surface area (Å²) < 4.78 is 0. The monoisotopic (exact) mass is 254 g/mol. The summed E-state index contributed by atoms with van der Waals surface area (Å²) in [5.41, 5.74) is 2.74. The number of rotatable bonds is 0. The lowest BCUT2D eigenvalue weighted by atomic mass is 10.1. The summed E-state index contributed by atoms with van der Waals surface area (Å²) >= 11 is 0. The molecule has 0 N–H and O–H groups in total. The maximum absolute atomic E-state index is 2.24. The minimum absolute atomic E-state index is 1.31. The largest absolute Gasteiger partial charge is 0.0616 e. The molecule has 4 aromatic carbocycles. The fraction of sp³-hybridized carbons (Fsp3) is 0. The van der Waals surface area contributed by atoms with Crippen molar-refractivity contribution in [2.75, 3.05) is 0 Å². The first-order chi connectivity index (χ1) is 9.90. The average molecular weight is 254 g/mol. The first-order valence-electron chi connectivity index (χ1n) is 6.88. The van der Waals surface area contributed by atoms with Gasteiger partial charge in [-0.2, -0.15) is 0 Å². The molecule has 0 aromatic heterocycles. The lowest BCUT2D eigenvalue weighted by Gasteiger charge is -1.92. The zero-order chi connectivity index (χ0) is 13.4. The van der Waals surface area contributed by atoms with Crippen molar-refractivity contribution in [3.05, 3.63) is 84.9 Å². The molecule has 1 aliphatic rings. The van der Waals surface area contributed by atoms with Crippen LogP contribution in [-0.4, -0.2) is 0 Å². The number of hydrogen-bond acceptors (Lipinski definition) is 0. The molecule has 94 valence electrons. The van der Waals surface area contributed by atoms with Crippen molar-refractivity contribution in [2.45, 2.75) is 0 Å². The van der Waals surface area contributed by atoms with Crippen LogP contribution in [0.2, 0.25) is 0 Å². The smallest absolute Gasteiger partial charge is 0.0172 e. The fourth-order valence-electron chi connectivity index (χ4n) is 2.74. The first kappa shape index (κ1) is 11.2. The molecule has 0 amide bonds. The van der Waals surface area contributed by atoms with Gasteiger partial charge in [0.05, 0.1) is 0 Å². The van der Waals surface area contributed by atoms with Crippen LogP contribution in [0.5, 0.6) is 0 Å². The van der Waals surface area contributed by atoms with Gasteiger partial charge in [-0.15, -0.1) is 0 Å². The van der Waals surface area contributed by atoms with E-state index in [2.05, 4.69) is 84.9 Å². The van der Waals surface area contributed by atoms with E-state index in [1.54, 1.807) is 0 Å². The molecule has 4 aromatic rings. The zero-order valence-electron chi connectivity index (χ0n) is 11.1. The predicted octanol–water partition coefficient (Wildman–Crippen LogP) is 5.66. The van der Waals surface area contributed by atoms with Crippen molar-refractivity contribution < 1.29 is 0 Å². The molecule has 1 aliphatic carbocycles. The van der Waals surface area contributed by atoms with E-state index in [9.17, 15) is 0 Å². The normalized spacial score (nSPS) is 11.0. The SMILES string of the molecule is c1cc2ccc3cc2cc1-3.c1ccc2ccccc2c1. The minimum Gasteiger partial charge on any atom is -0.0616 e. The first-order valence-corrected chi connectivity index (χ1v) is 6.88. The van der Waals surface area contributed by atoms with E-state index in [1.807, 2.05) is 0 Å². The molecule has 0 saturated carbocycles. The predicted molar refractivity (Wildman–Crippen MR) is 86.9 cm³/mol. The van der Waals surface area contributed by atoms with Crippen LogP contribution in [0.25, 0.3) is 32.7 Å². The van der Waals surface area contributed by atoms with Gasteiger partial charge in [-0.1, -0.05) is 72.8 Å². The third kappa shape index (κ3) is 1.86. The van der Waals surface area contributed by atoms with E-state index in [-0.39, 0.29) is 0 Å². The van der Waals surface area contributed by atoms with Crippen molar-refractivity contribution in [1.29, 1.82) is 0 Å². The summed E-state index contributed by atoms with van der Waals surface area (Å²) in [5.74, 6) is 0. The van der Waals surface area contributed by atoms with E-state index in [4.69, 9.17) is 0 Å². The van der Waals surface area contributed by atoms with Gasteiger partial charge in [0, 0.05) is 0 Å². The summed E-state index contributed by atoms with van der Waals surface area (Å²) in [6, 6.07) is 29.9. The van der Waals surface area contributed by atoms with Crippen LogP contribution in [0.3, 0.4) is 0 Å². The molecule has 0 atom stereocenters. The molecule has 0 nitrogen and oxygen atoms in total. The van der Waals surface area contributed by atoms with E-state index in [0.29, 0.717) is 0 Å². The number of benzene rings is 4. The molecule has 0 fully saturated rings. The van der Waals surface area contributed by atoms with Crippen molar-refractivity contribution in [2.24, 2.45) is 0 Å². The summed E-state index contributed by atoms with van der Waals surface area (Å²) in [6.07, 6.45) is 0. The molecule has 0 spiro atoms. The van der Waals surface area contributed by atoms with E-state index >= 15 is 0 Å². The second-order valence-electron chi connectivity index (χ2n) is 5.12. The van der Waals surface area contributed by atoms with Crippen LogP contribution >= 0.6 is 0 Å². The molecule has 0 heterocycles. The van der Waals surface area contributed by atoms with Crippen LogP contribution in [0.1, 0.15) is 0 Å². The van der Waals surface area contributed by atoms with Gasteiger partial charge in [0.15, 0.2) is 0 Å². The summed E-state index contributed by atoms with van der Waals surface area (Å²) in [4.78, 5) is 0. The van der Waals surface area contributed by atoms with Gasteiger partial charge in [0.1, 0.15) is 0 Å². The summed E-state index contributed by atoms with van der Waals surface area (Å²) in [7, 11) is 0. The Morgan fingerprint density at radius 3 is 1.20 bits per heavy atom. The molecular weight excluding hydrogens is 240 g/mol. The third-order valence-electron chi connectivity index (χ3n) is 3.83. The summed E-state index contributed by atoms with van der Waals surface area (Å²) in [6.45, 7) is 0. The van der Waals surface area contributed by atoms with Crippen LogP contribution in [0.15, 0.2) is 84.9 Å². The van der Waals surface area contributed by atoms with Gasteiger partial charge >= 0.3 is 0 Å². The summed E-state index contributed by atoms with van der Waals surface area (Å²) in [5, 5.41) is 5.36. The van der Waals surface area contributed by atoms with Gasteiger partial charge < -0.3 is 0 Å².